The number of nitrogens with one attached hydrogen (secondary N) is 2. The lowest BCUT2D eigenvalue weighted by Gasteiger charge is -2.05. The van der Waals surface area contributed by atoms with Crippen molar-refractivity contribution in [1.29, 1.82) is 0 Å². The van der Waals surface area contributed by atoms with Crippen molar-refractivity contribution in [3.63, 3.8) is 0 Å². The van der Waals surface area contributed by atoms with Gasteiger partial charge >= 0.3 is 0 Å². The van der Waals surface area contributed by atoms with Gasteiger partial charge in [0.15, 0.2) is 0 Å². The first kappa shape index (κ1) is 14.8. The minimum Gasteiger partial charge on any atom is -0.352 e. The minimum absolute atomic E-state index is 0.0918. The molecule has 0 saturated heterocycles. The molecule has 0 radical (unpaired) electrons. The first-order valence-electron chi connectivity index (χ1n) is 6.85. The van der Waals surface area contributed by atoms with E-state index in [-0.39, 0.29) is 5.91 Å². The van der Waals surface area contributed by atoms with Gasteiger partial charge in [-0.2, -0.15) is 0 Å². The monoisotopic (exact) mass is 282 g/mol. The molecule has 0 bridgehead atoms. The summed E-state index contributed by atoms with van der Waals surface area (Å²) >= 11 is 0. The SMILES string of the molecule is NCC#Cc1cccc(C(=O)NCCCc2ncc[nH]2)c1. The summed E-state index contributed by atoms with van der Waals surface area (Å²) in [6, 6.07) is 7.22. The molecule has 0 atom stereocenters. The van der Waals surface area contributed by atoms with Gasteiger partial charge in [-0.15, -0.1) is 0 Å². The van der Waals surface area contributed by atoms with Crippen molar-refractivity contribution in [2.24, 2.45) is 5.73 Å². The van der Waals surface area contributed by atoms with E-state index in [1.165, 1.54) is 0 Å². The number of rotatable bonds is 5. The van der Waals surface area contributed by atoms with Gasteiger partial charge in [0.2, 0.25) is 0 Å². The quantitative estimate of drug-likeness (QED) is 0.567. The van der Waals surface area contributed by atoms with Gasteiger partial charge < -0.3 is 16.0 Å². The molecule has 1 amide bonds. The third kappa shape index (κ3) is 4.79. The summed E-state index contributed by atoms with van der Waals surface area (Å²) in [7, 11) is 0. The summed E-state index contributed by atoms with van der Waals surface area (Å²) in [5.41, 5.74) is 6.74. The zero-order chi connectivity index (χ0) is 14.9. The van der Waals surface area contributed by atoms with Crippen LogP contribution in [-0.4, -0.2) is 29.0 Å². The van der Waals surface area contributed by atoms with E-state index in [2.05, 4.69) is 27.1 Å². The van der Waals surface area contributed by atoms with Gasteiger partial charge in [0.1, 0.15) is 5.82 Å². The molecule has 0 aliphatic carbocycles. The van der Waals surface area contributed by atoms with Crippen molar-refractivity contribution in [3.05, 3.63) is 53.6 Å². The maximum absolute atomic E-state index is 12.0. The lowest BCUT2D eigenvalue weighted by Crippen LogP contribution is -2.24. The molecule has 1 aromatic heterocycles. The Morgan fingerprint density at radius 3 is 3.10 bits per heavy atom. The number of nitrogens with zero attached hydrogens (tertiary/aromatic N) is 1. The Bertz CT molecular complexity index is 638. The number of H-pyrrole nitrogens is 1. The zero-order valence-corrected chi connectivity index (χ0v) is 11.7. The van der Waals surface area contributed by atoms with Crippen molar-refractivity contribution in [3.8, 4) is 11.8 Å². The van der Waals surface area contributed by atoms with Crippen LogP contribution in [-0.2, 0) is 6.42 Å². The fraction of sp³-hybridized carbons (Fsp3) is 0.250. The van der Waals surface area contributed by atoms with Gasteiger partial charge in [0, 0.05) is 36.5 Å². The maximum Gasteiger partial charge on any atom is 0.251 e. The summed E-state index contributed by atoms with van der Waals surface area (Å²) in [5.74, 6) is 6.53. The molecule has 21 heavy (non-hydrogen) atoms. The predicted molar refractivity (Wildman–Crippen MR) is 81.6 cm³/mol. The van der Waals surface area contributed by atoms with Crippen LogP contribution in [0.25, 0.3) is 0 Å². The van der Waals surface area contributed by atoms with E-state index >= 15 is 0 Å². The molecule has 5 nitrogen and oxygen atoms in total. The third-order valence-corrected chi connectivity index (χ3v) is 2.89. The molecular formula is C16H18N4O. The smallest absolute Gasteiger partial charge is 0.251 e. The summed E-state index contributed by atoms with van der Waals surface area (Å²) in [4.78, 5) is 19.2. The summed E-state index contributed by atoms with van der Waals surface area (Å²) < 4.78 is 0. The molecule has 1 heterocycles. The molecule has 4 N–H and O–H groups in total. The van der Waals surface area contributed by atoms with E-state index in [0.717, 1.165) is 24.2 Å². The molecule has 1 aromatic carbocycles. The van der Waals surface area contributed by atoms with Crippen molar-refractivity contribution >= 4 is 5.91 Å². The number of aromatic nitrogens is 2. The first-order valence-corrected chi connectivity index (χ1v) is 6.85. The van der Waals surface area contributed by atoms with Gasteiger partial charge in [-0.25, -0.2) is 4.98 Å². The molecule has 5 heteroatoms. The standard InChI is InChI=1S/C16H18N4O/c17-8-2-5-13-4-1-6-14(12-13)16(21)20-9-3-7-15-18-10-11-19-15/h1,4,6,10-12H,3,7-9,17H2,(H,18,19)(H,20,21). The molecule has 0 aliphatic rings. The largest absolute Gasteiger partial charge is 0.352 e. The summed E-state index contributed by atoms with van der Waals surface area (Å²) in [6.45, 7) is 0.918. The highest BCUT2D eigenvalue weighted by Crippen LogP contribution is 2.04. The molecule has 0 saturated carbocycles. The fourth-order valence-corrected chi connectivity index (χ4v) is 1.89. The van der Waals surface area contributed by atoms with Crippen LogP contribution >= 0.6 is 0 Å². The first-order chi connectivity index (χ1) is 10.3. The summed E-state index contributed by atoms with van der Waals surface area (Å²) in [5, 5.41) is 2.89. The number of carbonyl (C=O) groups excluding carboxylic acids is 1. The number of imidazole rings is 1. The average Bonchev–Trinajstić information content (AvgIpc) is 3.03. The molecule has 0 unspecified atom stereocenters. The zero-order valence-electron chi connectivity index (χ0n) is 11.7. The van der Waals surface area contributed by atoms with Gasteiger partial charge in [-0.3, -0.25) is 4.79 Å². The Kier molecular flexibility index (Phi) is 5.56. The number of aromatic amines is 1. The normalized spacial score (nSPS) is 9.76. The number of carbonyl (C=O) groups is 1. The second kappa shape index (κ2) is 7.88. The Labute approximate surface area is 124 Å². The van der Waals surface area contributed by atoms with Gasteiger partial charge in [0.05, 0.1) is 6.54 Å². The van der Waals surface area contributed by atoms with Crippen molar-refractivity contribution in [1.82, 2.24) is 15.3 Å². The molecule has 0 fully saturated rings. The lowest BCUT2D eigenvalue weighted by molar-refractivity contribution is 0.0953. The molecule has 108 valence electrons. The fourth-order valence-electron chi connectivity index (χ4n) is 1.89. The second-order valence-electron chi connectivity index (χ2n) is 4.48. The highest BCUT2D eigenvalue weighted by atomic mass is 16.1. The Morgan fingerprint density at radius 1 is 1.43 bits per heavy atom. The topological polar surface area (TPSA) is 83.8 Å². The Balaban J connectivity index is 1.82. The van der Waals surface area contributed by atoms with E-state index in [0.29, 0.717) is 18.7 Å². The minimum atomic E-state index is -0.0918. The van der Waals surface area contributed by atoms with Crippen LogP contribution in [0.1, 0.15) is 28.2 Å². The van der Waals surface area contributed by atoms with Crippen LogP contribution in [0.4, 0.5) is 0 Å². The van der Waals surface area contributed by atoms with Gasteiger partial charge in [-0.1, -0.05) is 17.9 Å². The van der Waals surface area contributed by atoms with Crippen molar-refractivity contribution in [2.75, 3.05) is 13.1 Å². The van der Waals surface area contributed by atoms with Crippen LogP contribution in [0, 0.1) is 11.8 Å². The predicted octanol–water partition coefficient (Wildman–Crippen LogP) is 1.08. The summed E-state index contributed by atoms with van der Waals surface area (Å²) in [6.07, 6.45) is 5.17. The molecule has 0 spiro atoms. The van der Waals surface area contributed by atoms with Crippen LogP contribution < -0.4 is 11.1 Å². The highest BCUT2D eigenvalue weighted by molar-refractivity contribution is 5.94. The Morgan fingerprint density at radius 2 is 2.33 bits per heavy atom. The maximum atomic E-state index is 12.0. The lowest BCUT2D eigenvalue weighted by atomic mass is 10.1. The van der Waals surface area contributed by atoms with E-state index < -0.39 is 0 Å². The molecule has 2 aromatic rings. The number of hydrogen-bond donors (Lipinski definition) is 3. The highest BCUT2D eigenvalue weighted by Gasteiger charge is 2.05. The van der Waals surface area contributed by atoms with Crippen LogP contribution in [0.2, 0.25) is 0 Å². The van der Waals surface area contributed by atoms with Crippen LogP contribution in [0.3, 0.4) is 0 Å². The number of aryl methyl sites for hydroxylation is 1. The second-order valence-corrected chi connectivity index (χ2v) is 4.48. The van der Waals surface area contributed by atoms with Crippen molar-refractivity contribution < 1.29 is 4.79 Å². The average molecular weight is 282 g/mol. The van der Waals surface area contributed by atoms with E-state index in [1.807, 2.05) is 12.1 Å². The van der Waals surface area contributed by atoms with Gasteiger partial charge in [0.25, 0.3) is 5.91 Å². The molecule has 0 aliphatic heterocycles. The van der Waals surface area contributed by atoms with Gasteiger partial charge in [-0.05, 0) is 24.6 Å². The van der Waals surface area contributed by atoms with E-state index in [4.69, 9.17) is 5.73 Å². The van der Waals surface area contributed by atoms with E-state index in [9.17, 15) is 4.79 Å². The number of benzene rings is 1. The number of amides is 1. The van der Waals surface area contributed by atoms with Crippen LogP contribution in [0.15, 0.2) is 36.7 Å². The number of hydrogen-bond acceptors (Lipinski definition) is 3. The third-order valence-electron chi connectivity index (χ3n) is 2.89. The van der Waals surface area contributed by atoms with Crippen molar-refractivity contribution in [2.45, 2.75) is 12.8 Å². The Hall–Kier alpha value is -2.58. The molecular weight excluding hydrogens is 264 g/mol. The molecule has 2 rings (SSSR count). The number of nitrogens with two attached hydrogens (primary N) is 1. The van der Waals surface area contributed by atoms with E-state index in [1.54, 1.807) is 24.5 Å². The van der Waals surface area contributed by atoms with Crippen LogP contribution in [0.5, 0.6) is 0 Å².